The molecule has 0 aromatic heterocycles. The lowest BCUT2D eigenvalue weighted by Crippen LogP contribution is -2.64. The molecule has 0 radical (unpaired) electrons. The first-order chi connectivity index (χ1) is 13.5. The predicted octanol–water partition coefficient (Wildman–Crippen LogP) is 2.14. The summed E-state index contributed by atoms with van der Waals surface area (Å²) < 4.78 is 5.13. The van der Waals surface area contributed by atoms with Gasteiger partial charge in [0.1, 0.15) is 17.3 Å². The molecule has 0 spiro atoms. The van der Waals surface area contributed by atoms with Gasteiger partial charge in [0.25, 0.3) is 0 Å². The van der Waals surface area contributed by atoms with E-state index in [1.54, 1.807) is 31.4 Å². The van der Waals surface area contributed by atoms with Crippen molar-refractivity contribution in [3.05, 3.63) is 59.1 Å². The molecule has 1 heterocycles. The zero-order valence-electron chi connectivity index (χ0n) is 15.2. The molecule has 0 saturated carbocycles. The number of hydrazine groups is 1. The minimum absolute atomic E-state index is 0.123. The summed E-state index contributed by atoms with van der Waals surface area (Å²) in [7, 11) is 1.61. The smallest absolute Gasteiger partial charge is 0.240 e. The molecule has 1 aliphatic rings. The number of amides is 2. The molecule has 1 aliphatic heterocycles. The van der Waals surface area contributed by atoms with Gasteiger partial charge < -0.3 is 15.4 Å². The van der Waals surface area contributed by atoms with Crippen LogP contribution in [-0.2, 0) is 16.0 Å². The fraction of sp³-hybridized carbons (Fsp3) is 0.263. The van der Waals surface area contributed by atoms with Gasteiger partial charge in [0.15, 0.2) is 0 Å². The first kappa shape index (κ1) is 20.5. The third-order valence-corrected chi connectivity index (χ3v) is 5.30. The Morgan fingerprint density at radius 2 is 2.00 bits per heavy atom. The Labute approximate surface area is 172 Å². The van der Waals surface area contributed by atoms with Crippen molar-refractivity contribution in [2.24, 2.45) is 0 Å². The Morgan fingerprint density at radius 3 is 2.68 bits per heavy atom. The third kappa shape index (κ3) is 5.87. The van der Waals surface area contributed by atoms with Gasteiger partial charge in [-0.2, -0.15) is 0 Å². The number of carbonyl (C=O) groups excluding carboxylic acids is 2. The maximum Gasteiger partial charge on any atom is 0.240 e. The summed E-state index contributed by atoms with van der Waals surface area (Å²) in [6.45, 7) is 0. The standard InChI is InChI=1S/C19H21ClN4O3S/c1-27-15-7-5-12(6-8-15)9-16-18(26)22-19(24-23-16)28-11-17(25)21-14-4-2-3-13(20)10-14/h2-8,10,16,19,23-24H,9,11H2,1H3,(H,21,25)(H,22,26). The molecule has 9 heteroatoms. The molecule has 3 rings (SSSR count). The van der Waals surface area contributed by atoms with Gasteiger partial charge in [-0.3, -0.25) is 9.59 Å². The minimum Gasteiger partial charge on any atom is -0.497 e. The third-order valence-electron chi connectivity index (χ3n) is 4.07. The van der Waals surface area contributed by atoms with Gasteiger partial charge in [-0.1, -0.05) is 29.8 Å². The van der Waals surface area contributed by atoms with Crippen molar-refractivity contribution in [2.75, 3.05) is 18.2 Å². The number of rotatable bonds is 7. The van der Waals surface area contributed by atoms with Crippen LogP contribution in [0.25, 0.3) is 0 Å². The molecular formula is C19H21ClN4O3S. The van der Waals surface area contributed by atoms with Crippen LogP contribution < -0.4 is 26.2 Å². The summed E-state index contributed by atoms with van der Waals surface area (Å²) in [5.74, 6) is 0.649. The lowest BCUT2D eigenvalue weighted by atomic mass is 10.1. The maximum absolute atomic E-state index is 12.3. The fourth-order valence-corrected chi connectivity index (χ4v) is 3.59. The molecule has 2 amide bonds. The minimum atomic E-state index is -0.398. The molecule has 1 saturated heterocycles. The molecule has 2 aromatic carbocycles. The van der Waals surface area contributed by atoms with Crippen LogP contribution in [0.15, 0.2) is 48.5 Å². The van der Waals surface area contributed by atoms with Crippen LogP contribution in [-0.4, -0.2) is 36.2 Å². The van der Waals surface area contributed by atoms with Crippen molar-refractivity contribution >= 4 is 40.9 Å². The van der Waals surface area contributed by atoms with E-state index >= 15 is 0 Å². The van der Waals surface area contributed by atoms with Gasteiger partial charge in [-0.15, -0.1) is 11.8 Å². The molecule has 4 N–H and O–H groups in total. The summed E-state index contributed by atoms with van der Waals surface area (Å²) >= 11 is 7.18. The predicted molar refractivity (Wildman–Crippen MR) is 111 cm³/mol. The van der Waals surface area contributed by atoms with Crippen molar-refractivity contribution in [1.29, 1.82) is 0 Å². The SMILES string of the molecule is COc1ccc(CC2NNC(SCC(=O)Nc3cccc(Cl)c3)NC2=O)cc1. The van der Waals surface area contributed by atoms with Crippen molar-refractivity contribution < 1.29 is 14.3 Å². The highest BCUT2D eigenvalue weighted by Crippen LogP contribution is 2.17. The molecule has 28 heavy (non-hydrogen) atoms. The number of carbonyl (C=O) groups is 2. The molecule has 7 nitrogen and oxygen atoms in total. The summed E-state index contributed by atoms with van der Waals surface area (Å²) in [5.41, 5.74) is 7.29. The van der Waals surface area contributed by atoms with E-state index in [0.29, 0.717) is 17.1 Å². The number of methoxy groups -OCH3 is 1. The zero-order chi connectivity index (χ0) is 19.9. The van der Waals surface area contributed by atoms with E-state index in [4.69, 9.17) is 16.3 Å². The van der Waals surface area contributed by atoms with Crippen LogP contribution in [0.2, 0.25) is 5.02 Å². The molecule has 1 fully saturated rings. The highest BCUT2D eigenvalue weighted by molar-refractivity contribution is 8.00. The van der Waals surface area contributed by atoms with E-state index in [1.807, 2.05) is 24.3 Å². The Bertz CT molecular complexity index is 834. The van der Waals surface area contributed by atoms with E-state index in [-0.39, 0.29) is 17.6 Å². The number of nitrogens with one attached hydrogen (secondary N) is 4. The zero-order valence-corrected chi connectivity index (χ0v) is 16.8. The number of hydrogen-bond donors (Lipinski definition) is 4. The first-order valence-electron chi connectivity index (χ1n) is 8.65. The summed E-state index contributed by atoms with van der Waals surface area (Å²) in [5, 5.41) is 6.19. The number of anilines is 1. The normalized spacial score (nSPS) is 19.0. The van der Waals surface area contributed by atoms with E-state index in [2.05, 4.69) is 21.5 Å². The van der Waals surface area contributed by atoms with Crippen LogP contribution in [0.3, 0.4) is 0 Å². The lowest BCUT2D eigenvalue weighted by molar-refractivity contribution is -0.125. The Hall–Kier alpha value is -2.26. The number of halogens is 1. The summed E-state index contributed by atoms with van der Waals surface area (Å²) in [4.78, 5) is 24.4. The molecule has 148 valence electrons. The monoisotopic (exact) mass is 420 g/mol. The van der Waals surface area contributed by atoms with Gasteiger partial charge in [0, 0.05) is 10.7 Å². The van der Waals surface area contributed by atoms with Crippen LogP contribution in [0.1, 0.15) is 5.56 Å². The first-order valence-corrected chi connectivity index (χ1v) is 10.1. The second kappa shape index (κ2) is 9.79. The van der Waals surface area contributed by atoms with Gasteiger partial charge >= 0.3 is 0 Å². The number of ether oxygens (including phenoxy) is 1. The number of hydrogen-bond acceptors (Lipinski definition) is 6. The Balaban J connectivity index is 1.43. The van der Waals surface area contributed by atoms with Crippen LogP contribution in [0.4, 0.5) is 5.69 Å². The Kier molecular flexibility index (Phi) is 7.16. The van der Waals surface area contributed by atoms with Crippen LogP contribution in [0, 0.1) is 0 Å². The van der Waals surface area contributed by atoms with E-state index in [1.165, 1.54) is 11.8 Å². The molecular weight excluding hydrogens is 400 g/mol. The molecule has 2 unspecified atom stereocenters. The van der Waals surface area contributed by atoms with Crippen LogP contribution >= 0.6 is 23.4 Å². The van der Waals surface area contributed by atoms with Crippen molar-refractivity contribution in [3.63, 3.8) is 0 Å². The largest absolute Gasteiger partial charge is 0.497 e. The quantitative estimate of drug-likeness (QED) is 0.548. The number of thioether (sulfide) groups is 1. The Morgan fingerprint density at radius 1 is 1.21 bits per heavy atom. The second-order valence-electron chi connectivity index (χ2n) is 6.15. The molecule has 0 aliphatic carbocycles. The molecule has 0 bridgehead atoms. The second-order valence-corrected chi connectivity index (χ2v) is 7.68. The highest BCUT2D eigenvalue weighted by Gasteiger charge is 2.27. The highest BCUT2D eigenvalue weighted by atomic mass is 35.5. The van der Waals surface area contributed by atoms with Gasteiger partial charge in [-0.05, 0) is 42.3 Å². The summed E-state index contributed by atoms with van der Waals surface area (Å²) in [6, 6.07) is 14.1. The van der Waals surface area contributed by atoms with Crippen molar-refractivity contribution in [3.8, 4) is 5.75 Å². The van der Waals surface area contributed by atoms with E-state index in [9.17, 15) is 9.59 Å². The van der Waals surface area contributed by atoms with Crippen molar-refractivity contribution in [2.45, 2.75) is 18.0 Å². The molecule has 2 aromatic rings. The van der Waals surface area contributed by atoms with Crippen LogP contribution in [0.5, 0.6) is 5.75 Å². The maximum atomic E-state index is 12.3. The molecule has 2 atom stereocenters. The average Bonchev–Trinajstić information content (AvgIpc) is 2.69. The van der Waals surface area contributed by atoms with Gasteiger partial charge in [-0.25, -0.2) is 10.9 Å². The average molecular weight is 421 g/mol. The van der Waals surface area contributed by atoms with E-state index < -0.39 is 11.5 Å². The summed E-state index contributed by atoms with van der Waals surface area (Å²) in [6.07, 6.45) is 0.537. The topological polar surface area (TPSA) is 91.5 Å². The van der Waals surface area contributed by atoms with Crippen molar-refractivity contribution in [1.82, 2.24) is 16.2 Å². The van der Waals surface area contributed by atoms with Gasteiger partial charge in [0.05, 0.1) is 12.9 Å². The fourth-order valence-electron chi connectivity index (χ4n) is 2.65. The van der Waals surface area contributed by atoms with E-state index in [0.717, 1.165) is 11.3 Å². The lowest BCUT2D eigenvalue weighted by Gasteiger charge is -2.31. The number of benzene rings is 2. The van der Waals surface area contributed by atoms with Gasteiger partial charge in [0.2, 0.25) is 11.8 Å².